The molecular weight excluding hydrogens is 347 g/mol. The van der Waals surface area contributed by atoms with E-state index in [1.807, 2.05) is 0 Å². The molecule has 0 radical (unpaired) electrons. The minimum absolute atomic E-state index is 0.354. The summed E-state index contributed by atoms with van der Waals surface area (Å²) in [5, 5.41) is 8.11. The lowest BCUT2D eigenvalue weighted by molar-refractivity contribution is 0.187. The Bertz CT molecular complexity index is 927. The first kappa shape index (κ1) is 16.7. The largest absolute Gasteiger partial charge is 0.453 e. The maximum atomic E-state index is 13.2. The second kappa shape index (κ2) is 7.14. The van der Waals surface area contributed by atoms with E-state index in [4.69, 9.17) is 0 Å². The van der Waals surface area contributed by atoms with E-state index in [1.54, 1.807) is 30.3 Å². The summed E-state index contributed by atoms with van der Waals surface area (Å²) < 4.78 is 18.3. The fourth-order valence-electron chi connectivity index (χ4n) is 2.02. The number of anilines is 3. The molecule has 0 saturated heterocycles. The lowest BCUT2D eigenvalue weighted by Gasteiger charge is -2.07. The van der Waals surface area contributed by atoms with Gasteiger partial charge >= 0.3 is 12.1 Å². The lowest BCUT2D eigenvalue weighted by atomic mass is 10.3. The van der Waals surface area contributed by atoms with Crippen molar-refractivity contribution < 1.29 is 18.7 Å². The van der Waals surface area contributed by atoms with E-state index in [0.29, 0.717) is 26.7 Å². The second-order valence-corrected chi connectivity index (χ2v) is 5.93. The molecule has 25 heavy (non-hydrogen) atoms. The number of urea groups is 1. The standard InChI is InChI=1S/C16H13FN4O3S/c1-24-16(23)19-11-5-3-10(4-6-11)18-14(22)21-15-20-12-7-2-9(17)8-13(12)25-15/h2-8H,1H3,(H,19,23)(H2,18,20,21,22). The van der Waals surface area contributed by atoms with Crippen molar-refractivity contribution in [1.29, 1.82) is 0 Å². The average molecular weight is 360 g/mol. The van der Waals surface area contributed by atoms with Gasteiger partial charge < -0.3 is 10.1 Å². The number of nitrogens with zero attached hydrogens (tertiary/aromatic N) is 1. The van der Waals surface area contributed by atoms with Crippen LogP contribution in [0.3, 0.4) is 0 Å². The predicted octanol–water partition coefficient (Wildman–Crippen LogP) is 4.26. The van der Waals surface area contributed by atoms with Crippen molar-refractivity contribution >= 4 is 50.2 Å². The molecule has 0 spiro atoms. The van der Waals surface area contributed by atoms with Crippen molar-refractivity contribution in [1.82, 2.24) is 4.98 Å². The van der Waals surface area contributed by atoms with Crippen molar-refractivity contribution in [3.05, 3.63) is 48.3 Å². The topological polar surface area (TPSA) is 92.4 Å². The summed E-state index contributed by atoms with van der Waals surface area (Å²) in [5.41, 5.74) is 1.67. The molecule has 128 valence electrons. The zero-order valence-corrected chi connectivity index (χ0v) is 13.8. The number of ether oxygens (including phenoxy) is 1. The highest BCUT2D eigenvalue weighted by molar-refractivity contribution is 7.22. The number of amides is 3. The van der Waals surface area contributed by atoms with Crippen molar-refractivity contribution in [3.63, 3.8) is 0 Å². The van der Waals surface area contributed by atoms with E-state index in [9.17, 15) is 14.0 Å². The van der Waals surface area contributed by atoms with Crippen LogP contribution in [0, 0.1) is 5.82 Å². The van der Waals surface area contributed by atoms with Gasteiger partial charge in [0.05, 0.1) is 17.3 Å². The van der Waals surface area contributed by atoms with Crippen molar-refractivity contribution in [3.8, 4) is 0 Å². The smallest absolute Gasteiger partial charge is 0.411 e. The van der Waals surface area contributed by atoms with Gasteiger partial charge in [0, 0.05) is 11.4 Å². The highest BCUT2D eigenvalue weighted by Crippen LogP contribution is 2.26. The minimum Gasteiger partial charge on any atom is -0.453 e. The molecule has 1 aromatic heterocycles. The van der Waals surface area contributed by atoms with Gasteiger partial charge in [0.15, 0.2) is 5.13 Å². The fraction of sp³-hybridized carbons (Fsp3) is 0.0625. The highest BCUT2D eigenvalue weighted by Gasteiger charge is 2.09. The van der Waals surface area contributed by atoms with Crippen LogP contribution in [0.4, 0.5) is 30.5 Å². The summed E-state index contributed by atoms with van der Waals surface area (Å²) in [5.74, 6) is -0.354. The van der Waals surface area contributed by atoms with Crippen LogP contribution in [-0.4, -0.2) is 24.2 Å². The Kier molecular flexibility index (Phi) is 4.75. The molecule has 0 aliphatic carbocycles. The highest BCUT2D eigenvalue weighted by atomic mass is 32.1. The number of hydrogen-bond donors (Lipinski definition) is 3. The SMILES string of the molecule is COC(=O)Nc1ccc(NC(=O)Nc2nc3ccc(F)cc3s2)cc1. The zero-order chi connectivity index (χ0) is 17.8. The van der Waals surface area contributed by atoms with Gasteiger partial charge in [-0.15, -0.1) is 0 Å². The number of benzene rings is 2. The molecule has 3 N–H and O–H groups in total. The number of rotatable bonds is 3. The molecule has 7 nitrogen and oxygen atoms in total. The molecule has 2 aromatic carbocycles. The number of fused-ring (bicyclic) bond motifs is 1. The third-order valence-corrected chi connectivity index (χ3v) is 4.08. The van der Waals surface area contributed by atoms with Crippen LogP contribution in [0.2, 0.25) is 0 Å². The number of aromatic nitrogens is 1. The molecule has 0 unspecified atom stereocenters. The molecule has 9 heteroatoms. The van der Waals surface area contributed by atoms with Crippen molar-refractivity contribution in [2.75, 3.05) is 23.1 Å². The van der Waals surface area contributed by atoms with Gasteiger partial charge in [-0.2, -0.15) is 0 Å². The van der Waals surface area contributed by atoms with Crippen LogP contribution in [0.5, 0.6) is 0 Å². The summed E-state index contributed by atoms with van der Waals surface area (Å²) in [4.78, 5) is 27.3. The van der Waals surface area contributed by atoms with E-state index in [2.05, 4.69) is 25.7 Å². The lowest BCUT2D eigenvalue weighted by Crippen LogP contribution is -2.19. The number of thiazole rings is 1. The van der Waals surface area contributed by atoms with Crippen LogP contribution in [-0.2, 0) is 4.74 Å². The van der Waals surface area contributed by atoms with Gasteiger partial charge in [0.2, 0.25) is 0 Å². The Labute approximate surface area is 145 Å². The zero-order valence-electron chi connectivity index (χ0n) is 13.0. The predicted molar refractivity (Wildman–Crippen MR) is 94.7 cm³/mol. The minimum atomic E-state index is -0.578. The summed E-state index contributed by atoms with van der Waals surface area (Å²) in [6.07, 6.45) is -0.578. The van der Waals surface area contributed by atoms with Gasteiger partial charge in [-0.3, -0.25) is 10.6 Å². The molecule has 0 fully saturated rings. The van der Waals surface area contributed by atoms with Crippen LogP contribution in [0.25, 0.3) is 10.2 Å². The Morgan fingerprint density at radius 1 is 1.04 bits per heavy atom. The molecule has 3 rings (SSSR count). The Balaban J connectivity index is 1.62. The molecule has 3 aromatic rings. The fourth-order valence-corrected chi connectivity index (χ4v) is 2.90. The van der Waals surface area contributed by atoms with E-state index in [-0.39, 0.29) is 5.82 Å². The molecule has 1 heterocycles. The first-order chi connectivity index (χ1) is 12.0. The van der Waals surface area contributed by atoms with Crippen LogP contribution >= 0.6 is 11.3 Å². The van der Waals surface area contributed by atoms with E-state index in [0.717, 1.165) is 0 Å². The summed E-state index contributed by atoms with van der Waals surface area (Å²) in [7, 11) is 1.27. The van der Waals surface area contributed by atoms with Crippen LogP contribution in [0.15, 0.2) is 42.5 Å². The number of methoxy groups -OCH3 is 1. The van der Waals surface area contributed by atoms with Gasteiger partial charge in [-0.1, -0.05) is 11.3 Å². The number of nitrogens with one attached hydrogen (secondary N) is 3. The summed E-state index contributed by atoms with van der Waals surface area (Å²) >= 11 is 1.18. The number of halogens is 1. The van der Waals surface area contributed by atoms with E-state index >= 15 is 0 Å². The third kappa shape index (κ3) is 4.21. The molecule has 3 amide bonds. The van der Waals surface area contributed by atoms with Crippen LogP contribution in [0.1, 0.15) is 0 Å². The molecule has 0 atom stereocenters. The van der Waals surface area contributed by atoms with Crippen molar-refractivity contribution in [2.45, 2.75) is 0 Å². The monoisotopic (exact) mass is 360 g/mol. The molecule has 0 bridgehead atoms. The average Bonchev–Trinajstić information content (AvgIpc) is 2.97. The van der Waals surface area contributed by atoms with Gasteiger partial charge in [0.1, 0.15) is 5.82 Å². The molecular formula is C16H13FN4O3S. The number of carbonyl (C=O) groups excluding carboxylic acids is 2. The number of hydrogen-bond acceptors (Lipinski definition) is 5. The van der Waals surface area contributed by atoms with Crippen molar-refractivity contribution in [2.24, 2.45) is 0 Å². The Hall–Kier alpha value is -3.20. The molecule has 0 aliphatic heterocycles. The maximum Gasteiger partial charge on any atom is 0.411 e. The Morgan fingerprint density at radius 3 is 2.40 bits per heavy atom. The third-order valence-electron chi connectivity index (χ3n) is 3.15. The first-order valence-corrected chi connectivity index (χ1v) is 7.94. The van der Waals surface area contributed by atoms with Gasteiger partial charge in [-0.05, 0) is 42.5 Å². The Morgan fingerprint density at radius 2 is 1.72 bits per heavy atom. The maximum absolute atomic E-state index is 13.2. The number of carbonyl (C=O) groups is 2. The summed E-state index contributed by atoms with van der Waals surface area (Å²) in [6, 6.07) is 10.2. The van der Waals surface area contributed by atoms with Gasteiger partial charge in [-0.25, -0.2) is 19.0 Å². The molecule has 0 saturated carbocycles. The van der Waals surface area contributed by atoms with E-state index < -0.39 is 12.1 Å². The summed E-state index contributed by atoms with van der Waals surface area (Å²) in [6.45, 7) is 0. The second-order valence-electron chi connectivity index (χ2n) is 4.90. The van der Waals surface area contributed by atoms with E-state index in [1.165, 1.54) is 30.6 Å². The molecule has 0 aliphatic rings. The van der Waals surface area contributed by atoms with Crippen LogP contribution < -0.4 is 16.0 Å². The quantitative estimate of drug-likeness (QED) is 0.651. The normalized spacial score (nSPS) is 10.3. The first-order valence-electron chi connectivity index (χ1n) is 7.12. The van der Waals surface area contributed by atoms with Gasteiger partial charge in [0.25, 0.3) is 0 Å².